The van der Waals surface area contributed by atoms with Crippen LogP contribution in [0.5, 0.6) is 5.75 Å². The van der Waals surface area contributed by atoms with Gasteiger partial charge in [-0.05, 0) is 17.7 Å². The van der Waals surface area contributed by atoms with Crippen molar-refractivity contribution < 1.29 is 9.53 Å². The Hall–Kier alpha value is -2.41. The molecular formula is C14H19N5O2. The minimum Gasteiger partial charge on any atom is -0.484 e. The highest BCUT2D eigenvalue weighted by Gasteiger charge is 2.04. The van der Waals surface area contributed by atoms with Crippen molar-refractivity contribution >= 4 is 5.91 Å². The molecule has 3 N–H and O–H groups in total. The van der Waals surface area contributed by atoms with Crippen molar-refractivity contribution in [1.82, 2.24) is 20.1 Å². The van der Waals surface area contributed by atoms with Gasteiger partial charge in [0, 0.05) is 26.6 Å². The molecule has 0 unspecified atom stereocenters. The zero-order valence-electron chi connectivity index (χ0n) is 12.0. The Morgan fingerprint density at radius 1 is 1.38 bits per heavy atom. The van der Waals surface area contributed by atoms with Gasteiger partial charge < -0.3 is 15.8 Å². The van der Waals surface area contributed by atoms with E-state index in [4.69, 9.17) is 10.5 Å². The molecular weight excluding hydrogens is 270 g/mol. The molecule has 0 fully saturated rings. The number of rotatable bonds is 7. The molecule has 2 rings (SSSR count). The number of amides is 1. The number of carbonyl (C=O) groups is 1. The monoisotopic (exact) mass is 289 g/mol. The van der Waals surface area contributed by atoms with Crippen LogP contribution in [0.3, 0.4) is 0 Å². The van der Waals surface area contributed by atoms with Crippen molar-refractivity contribution in [2.45, 2.75) is 13.0 Å². The lowest BCUT2D eigenvalue weighted by atomic mass is 10.2. The van der Waals surface area contributed by atoms with E-state index >= 15 is 0 Å². The Labute approximate surface area is 123 Å². The number of hydrogen-bond donors (Lipinski definition) is 2. The predicted octanol–water partition coefficient (Wildman–Crippen LogP) is 0.0115. The lowest BCUT2D eigenvalue weighted by Crippen LogP contribution is -2.30. The Morgan fingerprint density at radius 3 is 2.76 bits per heavy atom. The number of aromatic nitrogens is 3. The Balaban J connectivity index is 1.67. The first-order valence-electron chi connectivity index (χ1n) is 6.70. The molecule has 0 saturated heterocycles. The van der Waals surface area contributed by atoms with Crippen molar-refractivity contribution in [3.63, 3.8) is 0 Å². The fraction of sp³-hybridized carbons (Fsp3) is 0.357. The van der Waals surface area contributed by atoms with Gasteiger partial charge in [0.05, 0.1) is 0 Å². The molecule has 7 nitrogen and oxygen atoms in total. The molecule has 21 heavy (non-hydrogen) atoms. The highest BCUT2D eigenvalue weighted by molar-refractivity contribution is 5.77. The van der Waals surface area contributed by atoms with Crippen LogP contribution in [-0.4, -0.2) is 33.8 Å². The van der Waals surface area contributed by atoms with Crippen molar-refractivity contribution in [2.75, 3.05) is 13.2 Å². The van der Waals surface area contributed by atoms with Crippen LogP contribution in [0.1, 0.15) is 11.4 Å². The van der Waals surface area contributed by atoms with E-state index in [0.29, 0.717) is 31.1 Å². The third-order valence-electron chi connectivity index (χ3n) is 2.85. The molecule has 1 heterocycles. The summed E-state index contributed by atoms with van der Waals surface area (Å²) in [5.41, 5.74) is 6.53. The molecule has 1 aromatic heterocycles. The molecule has 0 radical (unpaired) electrons. The summed E-state index contributed by atoms with van der Waals surface area (Å²) in [7, 11) is 1.80. The minimum absolute atomic E-state index is 0.0163. The second-order valence-corrected chi connectivity index (χ2v) is 4.57. The van der Waals surface area contributed by atoms with Crippen LogP contribution in [0.2, 0.25) is 0 Å². The van der Waals surface area contributed by atoms with Crippen LogP contribution in [0.15, 0.2) is 30.6 Å². The zero-order valence-corrected chi connectivity index (χ0v) is 12.0. The maximum Gasteiger partial charge on any atom is 0.257 e. The molecule has 2 aromatic rings. The first kappa shape index (κ1) is 15.0. The molecule has 112 valence electrons. The molecule has 1 amide bonds. The molecule has 0 atom stereocenters. The van der Waals surface area contributed by atoms with Crippen molar-refractivity contribution in [1.29, 1.82) is 0 Å². The third-order valence-corrected chi connectivity index (χ3v) is 2.85. The van der Waals surface area contributed by atoms with Gasteiger partial charge in [0.1, 0.15) is 12.1 Å². The number of nitrogens with two attached hydrogens (primary N) is 1. The quantitative estimate of drug-likeness (QED) is 0.749. The number of ether oxygens (including phenoxy) is 1. The van der Waals surface area contributed by atoms with Crippen LogP contribution in [0, 0.1) is 0 Å². The summed E-state index contributed by atoms with van der Waals surface area (Å²) in [6, 6.07) is 7.35. The number of aryl methyl sites for hydroxylation is 1. The van der Waals surface area contributed by atoms with Gasteiger partial charge in [-0.3, -0.25) is 9.48 Å². The van der Waals surface area contributed by atoms with Gasteiger partial charge >= 0.3 is 0 Å². The zero-order chi connectivity index (χ0) is 15.1. The third kappa shape index (κ3) is 4.88. The predicted molar refractivity (Wildman–Crippen MR) is 77.5 cm³/mol. The normalized spacial score (nSPS) is 10.4. The van der Waals surface area contributed by atoms with Gasteiger partial charge in [-0.2, -0.15) is 5.10 Å². The maximum atomic E-state index is 11.6. The summed E-state index contributed by atoms with van der Waals surface area (Å²) in [6.45, 7) is 0.957. The Kier molecular flexibility index (Phi) is 5.28. The highest BCUT2D eigenvalue weighted by atomic mass is 16.5. The van der Waals surface area contributed by atoms with E-state index in [1.165, 1.54) is 0 Å². The number of nitrogens with one attached hydrogen (secondary N) is 1. The molecule has 0 spiro atoms. The second-order valence-electron chi connectivity index (χ2n) is 4.57. The van der Waals surface area contributed by atoms with Gasteiger partial charge in [0.25, 0.3) is 5.91 Å². The van der Waals surface area contributed by atoms with Crippen LogP contribution in [-0.2, 0) is 24.8 Å². The fourth-order valence-corrected chi connectivity index (χ4v) is 1.73. The fourth-order valence-electron chi connectivity index (χ4n) is 1.73. The summed E-state index contributed by atoms with van der Waals surface area (Å²) in [4.78, 5) is 15.7. The highest BCUT2D eigenvalue weighted by Crippen LogP contribution is 2.11. The molecule has 1 aromatic carbocycles. The molecule has 7 heteroatoms. The van der Waals surface area contributed by atoms with E-state index in [2.05, 4.69) is 15.4 Å². The Morgan fingerprint density at radius 2 is 2.14 bits per heavy atom. The summed E-state index contributed by atoms with van der Waals surface area (Å²) in [5, 5.41) is 6.89. The van der Waals surface area contributed by atoms with Gasteiger partial charge in [0.2, 0.25) is 0 Å². The number of nitrogens with zero attached hydrogens (tertiary/aromatic N) is 3. The van der Waals surface area contributed by atoms with Crippen LogP contribution in [0.25, 0.3) is 0 Å². The summed E-state index contributed by atoms with van der Waals surface area (Å²) in [5.74, 6) is 1.18. The molecule has 0 aliphatic carbocycles. The van der Waals surface area contributed by atoms with E-state index in [9.17, 15) is 4.79 Å². The lowest BCUT2D eigenvalue weighted by Gasteiger charge is -2.07. The number of hydrogen-bond acceptors (Lipinski definition) is 5. The smallest absolute Gasteiger partial charge is 0.257 e. The SMILES string of the molecule is Cn1cnc(CCNC(=O)COc2ccc(CN)cc2)n1. The van der Waals surface area contributed by atoms with Crippen LogP contribution < -0.4 is 15.8 Å². The van der Waals surface area contributed by atoms with Crippen molar-refractivity contribution in [3.8, 4) is 5.75 Å². The van der Waals surface area contributed by atoms with E-state index in [1.807, 2.05) is 12.1 Å². The van der Waals surface area contributed by atoms with Gasteiger partial charge in [0.15, 0.2) is 12.4 Å². The minimum atomic E-state index is -0.172. The molecule has 0 saturated carbocycles. The summed E-state index contributed by atoms with van der Waals surface area (Å²) >= 11 is 0. The molecule has 0 aliphatic heterocycles. The first-order valence-corrected chi connectivity index (χ1v) is 6.70. The van der Waals surface area contributed by atoms with E-state index < -0.39 is 0 Å². The topological polar surface area (TPSA) is 95.1 Å². The Bertz CT molecular complexity index is 579. The maximum absolute atomic E-state index is 11.6. The van der Waals surface area contributed by atoms with Crippen molar-refractivity contribution in [3.05, 3.63) is 42.0 Å². The first-order chi connectivity index (χ1) is 10.2. The molecule has 0 bridgehead atoms. The summed E-state index contributed by atoms with van der Waals surface area (Å²) < 4.78 is 7.02. The van der Waals surface area contributed by atoms with Crippen molar-refractivity contribution in [2.24, 2.45) is 12.8 Å². The number of carbonyl (C=O) groups excluding carboxylic acids is 1. The van der Waals surface area contributed by atoms with Crippen LogP contribution in [0.4, 0.5) is 0 Å². The van der Waals surface area contributed by atoms with E-state index in [-0.39, 0.29) is 12.5 Å². The largest absolute Gasteiger partial charge is 0.484 e. The average molecular weight is 289 g/mol. The van der Waals surface area contributed by atoms with Gasteiger partial charge in [-0.1, -0.05) is 12.1 Å². The average Bonchev–Trinajstić information content (AvgIpc) is 2.91. The standard InChI is InChI=1S/C14H19N5O2/c1-19-10-17-13(18-19)6-7-16-14(20)9-21-12-4-2-11(8-15)3-5-12/h2-5,10H,6-9,15H2,1H3,(H,16,20). The van der Waals surface area contributed by atoms with Gasteiger partial charge in [-0.25, -0.2) is 4.98 Å². The molecule has 0 aliphatic rings. The van der Waals surface area contributed by atoms with Gasteiger partial charge in [-0.15, -0.1) is 0 Å². The number of benzene rings is 1. The summed E-state index contributed by atoms with van der Waals surface area (Å²) in [6.07, 6.45) is 2.23. The van der Waals surface area contributed by atoms with E-state index in [1.54, 1.807) is 30.2 Å². The lowest BCUT2D eigenvalue weighted by molar-refractivity contribution is -0.123. The second kappa shape index (κ2) is 7.39. The van der Waals surface area contributed by atoms with E-state index in [0.717, 1.165) is 5.56 Å². The van der Waals surface area contributed by atoms with Crippen LogP contribution >= 0.6 is 0 Å².